The van der Waals surface area contributed by atoms with Crippen LogP contribution in [0.5, 0.6) is 6.01 Å². The first-order valence-electron chi connectivity index (χ1n) is 10.3. The van der Waals surface area contributed by atoms with Crippen molar-refractivity contribution in [2.45, 2.75) is 36.6 Å². The van der Waals surface area contributed by atoms with Crippen molar-refractivity contribution in [2.24, 2.45) is 5.92 Å². The number of aliphatic carboxylic acids is 2. The van der Waals surface area contributed by atoms with Gasteiger partial charge in [-0.05, 0) is 5.56 Å². The van der Waals surface area contributed by atoms with Crippen molar-refractivity contribution in [3.05, 3.63) is 42.2 Å². The summed E-state index contributed by atoms with van der Waals surface area (Å²) in [6, 6.07) is 8.18. The third-order valence-corrected chi connectivity index (χ3v) is 6.09. The van der Waals surface area contributed by atoms with Gasteiger partial charge < -0.3 is 30.2 Å². The lowest BCUT2D eigenvalue weighted by atomic mass is 9.94. The maximum atomic E-state index is 15.4. The molecule has 1 saturated carbocycles. The third kappa shape index (κ3) is 3.31. The molecule has 34 heavy (non-hydrogen) atoms. The number of alkyl halides is 1. The average molecular weight is 473 g/mol. The number of imidazole rings is 1. The number of ether oxygens (including phenoxy) is 3. The van der Waals surface area contributed by atoms with Crippen molar-refractivity contribution >= 4 is 28.9 Å². The number of anilines is 1. The highest BCUT2D eigenvalue weighted by atomic mass is 19.1. The molecule has 0 bridgehead atoms. The number of methoxy groups -OCH3 is 1. The molecule has 0 radical (unpaired) electrons. The Morgan fingerprint density at radius 2 is 1.94 bits per heavy atom. The molecule has 1 aliphatic heterocycles. The average Bonchev–Trinajstić information content (AvgIpc) is 3.11. The first kappa shape index (κ1) is 22.0. The Bertz CT molecular complexity index is 1260. The van der Waals surface area contributed by atoms with Gasteiger partial charge in [0.1, 0.15) is 0 Å². The van der Waals surface area contributed by atoms with Crippen LogP contribution in [0, 0.1) is 5.92 Å². The Hall–Kier alpha value is -3.84. The van der Waals surface area contributed by atoms with Crippen LogP contribution in [0.25, 0.3) is 11.2 Å². The molecule has 178 valence electrons. The number of carboxylic acid groups (broad SMARTS) is 2. The number of carboxylic acids is 2. The van der Waals surface area contributed by atoms with E-state index in [1.54, 1.807) is 30.3 Å². The Kier molecular flexibility index (Phi) is 5.10. The van der Waals surface area contributed by atoms with Crippen molar-refractivity contribution in [1.29, 1.82) is 0 Å². The standard InChI is InChI=1S/C21H20FN5O7/c1-32-20-25-15(23)12-16(26-20)27(8-24-12)17-11(22)10-13(33-17)14(10)34-21(18(28)29,19(30)31)7-9-5-3-2-4-6-9/h2-6,8,10-11,13-14,17H,7H2,1H3,(H,28,29)(H,30,31)(H2,23,25,26)/t10?,11-,13-,14?,17+/m0/s1. The van der Waals surface area contributed by atoms with Gasteiger partial charge in [0, 0.05) is 6.42 Å². The second-order valence-electron chi connectivity index (χ2n) is 8.11. The molecule has 3 heterocycles. The number of carbonyl (C=O) groups is 2. The smallest absolute Gasteiger partial charge is 0.348 e. The molecule has 1 saturated heterocycles. The molecule has 1 aromatic carbocycles. The van der Waals surface area contributed by atoms with E-state index in [-0.39, 0.29) is 23.0 Å². The number of nitrogens with zero attached hydrogens (tertiary/aromatic N) is 4. The molecule has 2 unspecified atom stereocenters. The van der Waals surface area contributed by atoms with Crippen molar-refractivity contribution in [3.8, 4) is 6.01 Å². The van der Waals surface area contributed by atoms with E-state index in [2.05, 4.69) is 15.0 Å². The van der Waals surface area contributed by atoms with Crippen molar-refractivity contribution in [2.75, 3.05) is 12.8 Å². The quantitative estimate of drug-likeness (QED) is 0.395. The summed E-state index contributed by atoms with van der Waals surface area (Å²) < 4.78 is 33.1. The maximum absolute atomic E-state index is 15.4. The van der Waals surface area contributed by atoms with Gasteiger partial charge in [-0.2, -0.15) is 9.97 Å². The number of nitrogens with two attached hydrogens (primary N) is 1. The van der Waals surface area contributed by atoms with Crippen LogP contribution in [0.4, 0.5) is 10.2 Å². The van der Waals surface area contributed by atoms with Crippen molar-refractivity contribution < 1.29 is 38.4 Å². The molecule has 2 fully saturated rings. The van der Waals surface area contributed by atoms with Gasteiger partial charge in [0.05, 0.1) is 31.6 Å². The lowest BCUT2D eigenvalue weighted by Crippen LogP contribution is -2.52. The minimum atomic E-state index is -2.59. The highest BCUT2D eigenvalue weighted by molar-refractivity contribution is 6.02. The number of rotatable bonds is 8. The largest absolute Gasteiger partial charge is 0.479 e. The van der Waals surface area contributed by atoms with E-state index in [0.717, 1.165) is 0 Å². The Morgan fingerprint density at radius 1 is 1.24 bits per heavy atom. The zero-order chi connectivity index (χ0) is 24.2. The van der Waals surface area contributed by atoms with Gasteiger partial charge in [-0.15, -0.1) is 0 Å². The second-order valence-corrected chi connectivity index (χ2v) is 8.11. The molecular formula is C21H20FN5O7. The van der Waals surface area contributed by atoms with E-state index in [1.807, 2.05) is 0 Å². The van der Waals surface area contributed by atoms with Gasteiger partial charge in [0.15, 0.2) is 29.4 Å². The zero-order valence-electron chi connectivity index (χ0n) is 17.7. The molecule has 2 aromatic heterocycles. The number of hydrogen-bond donors (Lipinski definition) is 3. The fourth-order valence-corrected chi connectivity index (χ4v) is 4.29. The van der Waals surface area contributed by atoms with Crippen molar-refractivity contribution in [3.63, 3.8) is 0 Å². The Balaban J connectivity index is 1.38. The number of aromatic nitrogens is 4. The van der Waals surface area contributed by atoms with Gasteiger partial charge in [-0.1, -0.05) is 30.3 Å². The molecule has 13 heteroatoms. The van der Waals surface area contributed by atoms with E-state index < -0.39 is 54.5 Å². The van der Waals surface area contributed by atoms with Crippen LogP contribution in [-0.4, -0.2) is 72.8 Å². The lowest BCUT2D eigenvalue weighted by Gasteiger charge is -2.28. The fourth-order valence-electron chi connectivity index (χ4n) is 4.29. The molecule has 5 atom stereocenters. The first-order chi connectivity index (χ1) is 16.3. The summed E-state index contributed by atoms with van der Waals surface area (Å²) in [7, 11) is 1.36. The molecule has 3 aromatic rings. The number of hydrogen-bond acceptors (Lipinski definition) is 9. The first-order valence-corrected chi connectivity index (χ1v) is 10.3. The summed E-state index contributed by atoms with van der Waals surface area (Å²) in [6.07, 6.45) is -3.81. The topological polar surface area (TPSA) is 172 Å². The Labute approximate surface area is 191 Å². The molecule has 0 amide bonds. The van der Waals surface area contributed by atoms with Gasteiger partial charge in [-0.3, -0.25) is 4.57 Å². The van der Waals surface area contributed by atoms with Crippen LogP contribution in [-0.2, 0) is 25.5 Å². The summed E-state index contributed by atoms with van der Waals surface area (Å²) in [5.41, 5.74) is 4.15. The van der Waals surface area contributed by atoms with E-state index in [9.17, 15) is 19.8 Å². The monoisotopic (exact) mass is 473 g/mol. The number of fused-ring (bicyclic) bond motifs is 2. The normalized spacial score (nSPS) is 25.8. The number of benzene rings is 1. The number of halogens is 1. The molecule has 4 N–H and O–H groups in total. The minimum Gasteiger partial charge on any atom is -0.479 e. The highest BCUT2D eigenvalue weighted by Crippen LogP contribution is 2.54. The Morgan fingerprint density at radius 3 is 2.53 bits per heavy atom. The zero-order valence-corrected chi connectivity index (χ0v) is 17.7. The predicted octanol–water partition coefficient (Wildman–Crippen LogP) is 0.818. The van der Waals surface area contributed by atoms with Crippen LogP contribution < -0.4 is 10.5 Å². The van der Waals surface area contributed by atoms with Crippen molar-refractivity contribution in [1.82, 2.24) is 19.5 Å². The maximum Gasteiger partial charge on any atom is 0.348 e. The third-order valence-electron chi connectivity index (χ3n) is 6.09. The van der Waals surface area contributed by atoms with E-state index in [0.29, 0.717) is 5.56 Å². The van der Waals surface area contributed by atoms with Crippen LogP contribution in [0.3, 0.4) is 0 Å². The fraction of sp³-hybridized carbons (Fsp3) is 0.381. The summed E-state index contributed by atoms with van der Waals surface area (Å²) in [6.45, 7) is 0. The van der Waals surface area contributed by atoms with Gasteiger partial charge in [0.2, 0.25) is 0 Å². The van der Waals surface area contributed by atoms with Crippen LogP contribution in [0.2, 0.25) is 0 Å². The summed E-state index contributed by atoms with van der Waals surface area (Å²) in [5, 5.41) is 19.5. The summed E-state index contributed by atoms with van der Waals surface area (Å²) in [5.74, 6) is -4.17. The molecular weight excluding hydrogens is 453 g/mol. The van der Waals surface area contributed by atoms with Gasteiger partial charge in [0.25, 0.3) is 5.60 Å². The van der Waals surface area contributed by atoms with Gasteiger partial charge >= 0.3 is 17.9 Å². The predicted molar refractivity (Wildman–Crippen MR) is 112 cm³/mol. The molecule has 12 nitrogen and oxygen atoms in total. The highest BCUT2D eigenvalue weighted by Gasteiger charge is 2.69. The van der Waals surface area contributed by atoms with Gasteiger partial charge in [-0.25, -0.2) is 19.0 Å². The minimum absolute atomic E-state index is 0.0277. The molecule has 5 rings (SSSR count). The summed E-state index contributed by atoms with van der Waals surface area (Å²) >= 11 is 0. The number of nitrogen functional groups attached to an aromatic ring is 1. The van der Waals surface area contributed by atoms with E-state index >= 15 is 4.39 Å². The SMILES string of the molecule is COc1nc(N)c2ncn([C@@H]3O[C@@H]4C(OC(Cc5ccccc5)(C(=O)O)C(=O)O)C4[C@@H]3F)c2n1. The summed E-state index contributed by atoms with van der Waals surface area (Å²) in [4.78, 5) is 36.3. The lowest BCUT2D eigenvalue weighted by molar-refractivity contribution is -0.191. The molecule has 0 spiro atoms. The molecule has 2 aliphatic rings. The van der Waals surface area contributed by atoms with Crippen LogP contribution in [0.1, 0.15) is 11.8 Å². The van der Waals surface area contributed by atoms with Crippen LogP contribution >= 0.6 is 0 Å². The molecule has 1 aliphatic carbocycles. The van der Waals surface area contributed by atoms with E-state index in [1.165, 1.54) is 18.0 Å². The van der Waals surface area contributed by atoms with Crippen LogP contribution in [0.15, 0.2) is 36.7 Å². The second kappa shape index (κ2) is 7.88. The van der Waals surface area contributed by atoms with E-state index in [4.69, 9.17) is 19.9 Å².